The van der Waals surface area contributed by atoms with Crippen LogP contribution in [0.5, 0.6) is 0 Å². The van der Waals surface area contributed by atoms with E-state index < -0.39 is 11.4 Å². The molecule has 0 radical (unpaired) electrons. The molecule has 0 spiro atoms. The SMILES string of the molecule is Nc1ncnc(C=O)n1.O=S(O)O. The molecule has 0 bridgehead atoms. The van der Waals surface area contributed by atoms with Crippen molar-refractivity contribution in [2.45, 2.75) is 0 Å². The van der Waals surface area contributed by atoms with Gasteiger partial charge >= 0.3 is 0 Å². The van der Waals surface area contributed by atoms with Crippen molar-refractivity contribution >= 4 is 23.6 Å². The second kappa shape index (κ2) is 6.11. The second-order valence-electron chi connectivity index (χ2n) is 1.55. The van der Waals surface area contributed by atoms with Gasteiger partial charge in [-0.05, 0) is 0 Å². The fraction of sp³-hybridized carbons (Fsp3) is 0. The Balaban J connectivity index is 0.000000310. The summed E-state index contributed by atoms with van der Waals surface area (Å²) >= 11 is -2.61. The average molecular weight is 206 g/mol. The van der Waals surface area contributed by atoms with Crippen LogP contribution in [0.1, 0.15) is 10.6 Å². The molecule has 0 aliphatic carbocycles. The fourth-order valence-electron chi connectivity index (χ4n) is 0.379. The van der Waals surface area contributed by atoms with Gasteiger partial charge < -0.3 is 5.73 Å². The predicted octanol–water partition coefficient (Wildman–Crippen LogP) is -1.05. The number of aldehydes is 1. The number of hydrogen-bond acceptors (Lipinski definition) is 6. The van der Waals surface area contributed by atoms with E-state index in [1.165, 1.54) is 6.33 Å². The molecule has 72 valence electrons. The van der Waals surface area contributed by atoms with Crippen LogP contribution in [0.4, 0.5) is 5.95 Å². The molecule has 1 aromatic rings. The average Bonchev–Trinajstić information content (AvgIpc) is 2.03. The first kappa shape index (κ1) is 11.6. The van der Waals surface area contributed by atoms with Gasteiger partial charge in [0, 0.05) is 0 Å². The second-order valence-corrected chi connectivity index (χ2v) is 2.01. The third-order valence-electron chi connectivity index (χ3n) is 0.715. The molecule has 0 saturated carbocycles. The highest BCUT2D eigenvalue weighted by Crippen LogP contribution is 1.85. The summed E-state index contributed by atoms with van der Waals surface area (Å²) in [7, 11) is 0. The molecule has 13 heavy (non-hydrogen) atoms. The number of carbonyl (C=O) groups is 1. The number of rotatable bonds is 1. The van der Waals surface area contributed by atoms with Gasteiger partial charge in [0.25, 0.3) is 11.4 Å². The summed E-state index contributed by atoms with van der Waals surface area (Å²) in [5, 5.41) is 0. The lowest BCUT2D eigenvalue weighted by atomic mass is 10.7. The van der Waals surface area contributed by atoms with Crippen LogP contribution in [-0.2, 0) is 11.4 Å². The van der Waals surface area contributed by atoms with E-state index in [2.05, 4.69) is 15.0 Å². The maximum Gasteiger partial charge on any atom is 0.299 e. The van der Waals surface area contributed by atoms with Crippen molar-refractivity contribution in [1.82, 2.24) is 15.0 Å². The van der Waals surface area contributed by atoms with Crippen LogP contribution in [0.25, 0.3) is 0 Å². The maximum absolute atomic E-state index is 9.95. The van der Waals surface area contributed by atoms with E-state index in [9.17, 15) is 4.79 Å². The Bertz CT molecular complexity index is 302. The minimum Gasteiger partial charge on any atom is -0.368 e. The minimum absolute atomic E-state index is 0.0579. The van der Waals surface area contributed by atoms with Crippen LogP contribution < -0.4 is 5.73 Å². The van der Waals surface area contributed by atoms with Crippen LogP contribution in [0.2, 0.25) is 0 Å². The van der Waals surface area contributed by atoms with Crippen molar-refractivity contribution in [3.63, 3.8) is 0 Å². The molecule has 9 heteroatoms. The Morgan fingerprint density at radius 2 is 2.00 bits per heavy atom. The first-order valence-corrected chi connectivity index (χ1v) is 3.82. The van der Waals surface area contributed by atoms with E-state index in [-0.39, 0.29) is 11.8 Å². The van der Waals surface area contributed by atoms with Gasteiger partial charge in [-0.1, -0.05) is 0 Å². The Hall–Kier alpha value is -1.45. The minimum atomic E-state index is -2.61. The van der Waals surface area contributed by atoms with Crippen LogP contribution in [-0.4, -0.2) is 34.6 Å². The molecule has 1 aromatic heterocycles. The molecule has 0 aliphatic heterocycles. The number of nitrogen functional groups attached to an aromatic ring is 1. The van der Waals surface area contributed by atoms with Gasteiger partial charge in [0.05, 0.1) is 0 Å². The number of anilines is 1. The normalized spacial score (nSPS) is 8.85. The Morgan fingerprint density at radius 1 is 1.46 bits per heavy atom. The van der Waals surface area contributed by atoms with E-state index in [1.807, 2.05) is 0 Å². The van der Waals surface area contributed by atoms with E-state index in [1.54, 1.807) is 0 Å². The van der Waals surface area contributed by atoms with Gasteiger partial charge in [0.2, 0.25) is 5.95 Å². The van der Waals surface area contributed by atoms with Crippen LogP contribution in [0.15, 0.2) is 6.33 Å². The maximum atomic E-state index is 9.95. The van der Waals surface area contributed by atoms with Gasteiger partial charge in [-0.25, -0.2) is 9.97 Å². The lowest BCUT2D eigenvalue weighted by Gasteiger charge is -1.87. The summed E-state index contributed by atoms with van der Waals surface area (Å²) < 4.78 is 22.8. The Labute approximate surface area is 75.3 Å². The largest absolute Gasteiger partial charge is 0.368 e. The third-order valence-corrected chi connectivity index (χ3v) is 0.715. The predicted molar refractivity (Wildman–Crippen MR) is 43.0 cm³/mol. The molecule has 0 aliphatic rings. The van der Waals surface area contributed by atoms with E-state index in [0.29, 0.717) is 6.29 Å². The zero-order chi connectivity index (χ0) is 10.3. The van der Waals surface area contributed by atoms with Gasteiger partial charge in [-0.2, -0.15) is 9.19 Å². The van der Waals surface area contributed by atoms with E-state index >= 15 is 0 Å². The summed E-state index contributed by atoms with van der Waals surface area (Å²) in [5.41, 5.74) is 5.11. The molecule has 0 amide bonds. The van der Waals surface area contributed by atoms with Crippen molar-refractivity contribution in [2.75, 3.05) is 5.73 Å². The van der Waals surface area contributed by atoms with Gasteiger partial charge in [-0.15, -0.1) is 0 Å². The molecule has 0 aromatic carbocycles. The summed E-state index contributed by atoms with van der Waals surface area (Å²) in [5.74, 6) is 0.120. The number of aromatic nitrogens is 3. The molecule has 1 heterocycles. The van der Waals surface area contributed by atoms with Gasteiger partial charge in [-0.3, -0.25) is 13.9 Å². The van der Waals surface area contributed by atoms with Crippen LogP contribution in [0, 0.1) is 0 Å². The van der Waals surface area contributed by atoms with Crippen molar-refractivity contribution < 1.29 is 18.1 Å². The number of nitrogens with two attached hydrogens (primary N) is 1. The highest BCUT2D eigenvalue weighted by atomic mass is 32.2. The smallest absolute Gasteiger partial charge is 0.299 e. The molecule has 8 nitrogen and oxygen atoms in total. The molecule has 0 fully saturated rings. The molecule has 4 N–H and O–H groups in total. The number of nitrogens with zero attached hydrogens (tertiary/aromatic N) is 3. The van der Waals surface area contributed by atoms with Crippen LogP contribution >= 0.6 is 0 Å². The van der Waals surface area contributed by atoms with Gasteiger partial charge in [0.15, 0.2) is 12.1 Å². The highest BCUT2D eigenvalue weighted by molar-refractivity contribution is 7.73. The van der Waals surface area contributed by atoms with E-state index in [4.69, 9.17) is 19.0 Å². The molecule has 0 unspecified atom stereocenters. The summed E-state index contributed by atoms with van der Waals surface area (Å²) in [4.78, 5) is 20.4. The van der Waals surface area contributed by atoms with Gasteiger partial charge in [0.1, 0.15) is 6.33 Å². The zero-order valence-electron chi connectivity index (χ0n) is 6.19. The third kappa shape index (κ3) is 6.93. The zero-order valence-corrected chi connectivity index (χ0v) is 7.01. The summed E-state index contributed by atoms with van der Waals surface area (Å²) in [6, 6.07) is 0. The summed E-state index contributed by atoms with van der Waals surface area (Å²) in [6.07, 6.45) is 1.70. The van der Waals surface area contributed by atoms with Crippen molar-refractivity contribution in [3.05, 3.63) is 12.2 Å². The van der Waals surface area contributed by atoms with Crippen molar-refractivity contribution in [1.29, 1.82) is 0 Å². The monoisotopic (exact) mass is 206 g/mol. The fourth-order valence-corrected chi connectivity index (χ4v) is 0.379. The van der Waals surface area contributed by atoms with Crippen molar-refractivity contribution in [3.8, 4) is 0 Å². The standard InChI is InChI=1S/C4H4N4O.H2O3S/c5-4-7-2-6-3(1-9)8-4;1-4(2)3/h1-2H,(H2,5,6,7,8);(H2,1,2,3). The first-order valence-electron chi connectivity index (χ1n) is 2.76. The van der Waals surface area contributed by atoms with Crippen molar-refractivity contribution in [2.24, 2.45) is 0 Å². The molecule has 1 rings (SSSR count). The first-order chi connectivity index (χ1) is 6.06. The quantitative estimate of drug-likeness (QED) is 0.390. The van der Waals surface area contributed by atoms with E-state index in [0.717, 1.165) is 0 Å². The summed E-state index contributed by atoms with van der Waals surface area (Å²) in [6.45, 7) is 0. The lowest BCUT2D eigenvalue weighted by molar-refractivity contribution is 0.111. The molecular formula is C4H6N4O4S. The Morgan fingerprint density at radius 3 is 2.31 bits per heavy atom. The lowest BCUT2D eigenvalue weighted by Crippen LogP contribution is -1.99. The van der Waals surface area contributed by atoms with Crippen LogP contribution in [0.3, 0.4) is 0 Å². The number of hydrogen-bond donors (Lipinski definition) is 3. The molecule has 0 saturated heterocycles. The Kier molecular flexibility index (Phi) is 5.43. The number of carbonyl (C=O) groups excluding carboxylic acids is 1. The molecule has 0 atom stereocenters. The highest BCUT2D eigenvalue weighted by Gasteiger charge is 1.91. The topological polar surface area (TPSA) is 139 Å². The molecular weight excluding hydrogens is 200 g/mol.